The topological polar surface area (TPSA) is 125 Å². The number of ether oxygens (including phenoxy) is 3. The fourth-order valence-electron chi connectivity index (χ4n) is 3.65. The number of nitro benzene ring substituents is 1. The van der Waals surface area contributed by atoms with E-state index < -0.39 is 26.4 Å². The summed E-state index contributed by atoms with van der Waals surface area (Å²) in [6.45, 7) is 0.317. The van der Waals surface area contributed by atoms with E-state index in [1.165, 1.54) is 44.4 Å². The van der Waals surface area contributed by atoms with Crippen molar-refractivity contribution in [2.24, 2.45) is 0 Å². The molecule has 31 heavy (non-hydrogen) atoms. The maximum Gasteiger partial charge on any atom is 0.327 e. The maximum absolute atomic E-state index is 13.5. The van der Waals surface area contributed by atoms with E-state index in [1.807, 2.05) is 0 Å². The van der Waals surface area contributed by atoms with Crippen molar-refractivity contribution in [1.29, 1.82) is 0 Å². The van der Waals surface area contributed by atoms with Gasteiger partial charge in [0.15, 0.2) is 15.6 Å². The van der Waals surface area contributed by atoms with Gasteiger partial charge in [-0.25, -0.2) is 8.42 Å². The molecule has 0 fully saturated rings. The van der Waals surface area contributed by atoms with Crippen molar-refractivity contribution in [3.8, 4) is 17.2 Å². The van der Waals surface area contributed by atoms with Gasteiger partial charge in [-0.15, -0.1) is 0 Å². The van der Waals surface area contributed by atoms with Gasteiger partial charge >= 0.3 is 5.69 Å². The zero-order chi connectivity index (χ0) is 22.9. The van der Waals surface area contributed by atoms with E-state index in [1.54, 1.807) is 6.07 Å². The Bertz CT molecular complexity index is 1160. The quantitative estimate of drug-likeness (QED) is 0.486. The summed E-state index contributed by atoms with van der Waals surface area (Å²) in [7, 11) is 0.487. The smallest absolute Gasteiger partial charge is 0.327 e. The Kier molecular flexibility index (Phi) is 6.07. The molecule has 1 amide bonds. The second-order valence-corrected chi connectivity index (χ2v) is 8.94. The molecule has 0 bridgehead atoms. The van der Waals surface area contributed by atoms with E-state index >= 15 is 0 Å². The average molecular weight is 450 g/mol. The number of anilines is 1. The van der Waals surface area contributed by atoms with Gasteiger partial charge in [0.05, 0.1) is 31.1 Å². The number of hydrogen-bond acceptors (Lipinski definition) is 8. The van der Waals surface area contributed by atoms with Crippen molar-refractivity contribution in [2.75, 3.05) is 39.0 Å². The molecule has 0 unspecified atom stereocenters. The molecule has 0 atom stereocenters. The second kappa shape index (κ2) is 8.42. The second-order valence-electron chi connectivity index (χ2n) is 6.92. The first-order valence-corrected chi connectivity index (χ1v) is 11.1. The van der Waals surface area contributed by atoms with Gasteiger partial charge in [0, 0.05) is 24.6 Å². The molecule has 11 heteroatoms. The van der Waals surface area contributed by atoms with Crippen LogP contribution in [-0.4, -0.2) is 53.4 Å². The number of rotatable bonds is 6. The lowest BCUT2D eigenvalue weighted by Gasteiger charge is -2.30. The summed E-state index contributed by atoms with van der Waals surface area (Å²) in [6, 6.07) is 5.75. The minimum absolute atomic E-state index is 0.00471. The van der Waals surface area contributed by atoms with Gasteiger partial charge in [-0.1, -0.05) is 0 Å². The van der Waals surface area contributed by atoms with Gasteiger partial charge in [0.1, 0.15) is 5.56 Å². The van der Waals surface area contributed by atoms with Crippen molar-refractivity contribution in [1.82, 2.24) is 0 Å². The van der Waals surface area contributed by atoms with Crippen molar-refractivity contribution in [3.63, 3.8) is 0 Å². The maximum atomic E-state index is 13.5. The van der Waals surface area contributed by atoms with E-state index in [2.05, 4.69) is 0 Å². The van der Waals surface area contributed by atoms with Crippen LogP contribution in [0.3, 0.4) is 0 Å². The SMILES string of the molecule is COc1cc(C(=O)N2CCCc3cc(S(C)(=O)=O)ccc32)c([N+](=O)[O-])c(OC)c1OC. The largest absolute Gasteiger partial charge is 0.493 e. The lowest BCUT2D eigenvalue weighted by Crippen LogP contribution is -2.36. The molecule has 0 spiro atoms. The lowest BCUT2D eigenvalue weighted by molar-refractivity contribution is -0.386. The number of benzene rings is 2. The number of nitro groups is 1. The van der Waals surface area contributed by atoms with Crippen LogP contribution in [0.5, 0.6) is 17.2 Å². The molecule has 0 saturated carbocycles. The van der Waals surface area contributed by atoms with Gasteiger partial charge in [0.25, 0.3) is 5.91 Å². The number of nitrogens with zero attached hydrogens (tertiary/aromatic N) is 2. The molecule has 1 aliphatic rings. The van der Waals surface area contributed by atoms with Crippen LogP contribution in [0.25, 0.3) is 0 Å². The van der Waals surface area contributed by atoms with Crippen molar-refractivity contribution in [2.45, 2.75) is 17.7 Å². The van der Waals surface area contributed by atoms with Gasteiger partial charge in [-0.2, -0.15) is 0 Å². The van der Waals surface area contributed by atoms with E-state index in [-0.39, 0.29) is 27.7 Å². The summed E-state index contributed by atoms with van der Waals surface area (Å²) in [6.07, 6.45) is 2.27. The number of hydrogen-bond donors (Lipinski definition) is 0. The first-order valence-electron chi connectivity index (χ1n) is 9.26. The highest BCUT2D eigenvalue weighted by molar-refractivity contribution is 7.90. The van der Waals surface area contributed by atoms with Gasteiger partial charge in [0.2, 0.25) is 11.5 Å². The molecule has 0 aromatic heterocycles. The number of sulfone groups is 1. The van der Waals surface area contributed by atoms with E-state index in [9.17, 15) is 23.3 Å². The summed E-state index contributed by atoms with van der Waals surface area (Å²) >= 11 is 0. The highest BCUT2D eigenvalue weighted by Gasteiger charge is 2.36. The van der Waals surface area contributed by atoms with Crippen LogP contribution in [0.2, 0.25) is 0 Å². The molecular weight excluding hydrogens is 428 g/mol. The fraction of sp³-hybridized carbons (Fsp3) is 0.350. The molecule has 1 aliphatic heterocycles. The Morgan fingerprint density at radius 3 is 2.32 bits per heavy atom. The first-order chi connectivity index (χ1) is 14.6. The molecule has 10 nitrogen and oxygen atoms in total. The molecule has 1 heterocycles. The molecule has 0 radical (unpaired) electrons. The van der Waals surface area contributed by atoms with Crippen LogP contribution in [0.1, 0.15) is 22.3 Å². The van der Waals surface area contributed by atoms with Crippen LogP contribution >= 0.6 is 0 Å². The molecule has 0 N–H and O–H groups in total. The number of fused-ring (bicyclic) bond motifs is 1. The normalized spacial score (nSPS) is 13.4. The Morgan fingerprint density at radius 1 is 1.10 bits per heavy atom. The van der Waals surface area contributed by atoms with E-state index in [4.69, 9.17) is 14.2 Å². The minimum Gasteiger partial charge on any atom is -0.493 e. The third-order valence-electron chi connectivity index (χ3n) is 5.06. The Morgan fingerprint density at radius 2 is 1.77 bits per heavy atom. The predicted molar refractivity (Wildman–Crippen MR) is 112 cm³/mol. The van der Waals surface area contributed by atoms with Crippen molar-refractivity contribution < 1.29 is 32.3 Å². The minimum atomic E-state index is -3.41. The third kappa shape index (κ3) is 4.00. The van der Waals surface area contributed by atoms with E-state index in [0.29, 0.717) is 30.6 Å². The number of methoxy groups -OCH3 is 3. The fourth-order valence-corrected chi connectivity index (χ4v) is 4.32. The van der Waals surface area contributed by atoms with Crippen molar-refractivity contribution >= 4 is 27.1 Å². The molecule has 0 saturated heterocycles. The molecule has 2 aromatic carbocycles. The third-order valence-corrected chi connectivity index (χ3v) is 6.17. The zero-order valence-electron chi connectivity index (χ0n) is 17.5. The Labute approximate surface area is 179 Å². The molecular formula is C20H22N2O8S. The van der Waals surface area contributed by atoms with Crippen LogP contribution < -0.4 is 19.1 Å². The lowest BCUT2D eigenvalue weighted by atomic mass is 10.00. The predicted octanol–water partition coefficient (Wildman–Crippen LogP) is 2.62. The van der Waals surface area contributed by atoms with Gasteiger partial charge < -0.3 is 19.1 Å². The van der Waals surface area contributed by atoms with Crippen LogP contribution in [-0.2, 0) is 16.3 Å². The number of aryl methyl sites for hydroxylation is 1. The standard InChI is InChI=1S/C20H22N2O8S/c1-28-16-11-14(17(22(24)25)19(30-3)18(16)29-2)20(23)21-9-5-6-12-10-13(31(4,26)27)7-8-15(12)21/h7-8,10-11H,5-6,9H2,1-4H3. The average Bonchev–Trinajstić information content (AvgIpc) is 2.75. The summed E-state index contributed by atoms with van der Waals surface area (Å²) in [5, 5.41) is 11.8. The molecule has 166 valence electrons. The van der Waals surface area contributed by atoms with E-state index in [0.717, 1.165) is 6.26 Å². The molecule has 0 aliphatic carbocycles. The van der Waals surface area contributed by atoms with Gasteiger partial charge in [-0.05, 0) is 36.6 Å². The number of carbonyl (C=O) groups excluding carboxylic acids is 1. The number of carbonyl (C=O) groups is 1. The summed E-state index contributed by atoms with van der Waals surface area (Å²) in [5.41, 5.74) is 0.425. The van der Waals surface area contributed by atoms with Crippen LogP contribution in [0.4, 0.5) is 11.4 Å². The van der Waals surface area contributed by atoms with Crippen LogP contribution in [0.15, 0.2) is 29.2 Å². The monoisotopic (exact) mass is 450 g/mol. The Balaban J connectivity index is 2.18. The highest BCUT2D eigenvalue weighted by Crippen LogP contribution is 2.47. The summed E-state index contributed by atoms with van der Waals surface area (Å²) in [4.78, 5) is 26.2. The first kappa shape index (κ1) is 22.3. The molecule has 2 aromatic rings. The number of amides is 1. The Hall–Kier alpha value is -3.34. The summed E-state index contributed by atoms with van der Waals surface area (Å²) in [5.74, 6) is -0.734. The highest BCUT2D eigenvalue weighted by atomic mass is 32.2. The van der Waals surface area contributed by atoms with Crippen molar-refractivity contribution in [3.05, 3.63) is 45.5 Å². The zero-order valence-corrected chi connectivity index (χ0v) is 18.3. The molecule has 3 rings (SSSR count). The summed E-state index contributed by atoms with van der Waals surface area (Å²) < 4.78 is 39.4. The van der Waals surface area contributed by atoms with Gasteiger partial charge in [-0.3, -0.25) is 14.9 Å². The van der Waals surface area contributed by atoms with Crippen LogP contribution in [0, 0.1) is 10.1 Å².